The van der Waals surface area contributed by atoms with Crippen molar-refractivity contribution in [1.29, 1.82) is 0 Å². The molecule has 1 amide bonds. The predicted molar refractivity (Wildman–Crippen MR) is 87.0 cm³/mol. The molecule has 0 unspecified atom stereocenters. The average Bonchev–Trinajstić information content (AvgIpc) is 3.09. The van der Waals surface area contributed by atoms with E-state index in [2.05, 4.69) is 10.4 Å². The number of aromatic nitrogens is 2. The summed E-state index contributed by atoms with van der Waals surface area (Å²) in [6.07, 6.45) is 1.21. The number of amides is 1. The van der Waals surface area contributed by atoms with Crippen LogP contribution in [0.3, 0.4) is 0 Å². The van der Waals surface area contributed by atoms with E-state index in [1.54, 1.807) is 12.1 Å². The molecular formula is C17H9ClF5N3O. The van der Waals surface area contributed by atoms with Gasteiger partial charge in [-0.25, -0.2) is 22.0 Å². The third kappa shape index (κ3) is 3.63. The van der Waals surface area contributed by atoms with Crippen molar-refractivity contribution >= 4 is 23.3 Å². The van der Waals surface area contributed by atoms with Crippen LogP contribution in [0.1, 0.15) is 15.9 Å². The highest BCUT2D eigenvalue weighted by Crippen LogP contribution is 2.24. The number of benzene rings is 2. The summed E-state index contributed by atoms with van der Waals surface area (Å²) in [7, 11) is 0. The third-order valence-corrected chi connectivity index (χ3v) is 3.95. The molecule has 0 aliphatic rings. The highest BCUT2D eigenvalue weighted by atomic mass is 35.5. The lowest BCUT2D eigenvalue weighted by Gasteiger charge is -2.08. The van der Waals surface area contributed by atoms with Gasteiger partial charge in [0, 0.05) is 12.3 Å². The molecule has 2 aromatic carbocycles. The Bertz CT molecular complexity index is 1010. The number of hydrogen-bond donors (Lipinski definition) is 1. The summed E-state index contributed by atoms with van der Waals surface area (Å²) in [5.41, 5.74) is -0.869. The topological polar surface area (TPSA) is 46.9 Å². The fraction of sp³-hybridized carbons (Fsp3) is 0.0588. The van der Waals surface area contributed by atoms with Gasteiger partial charge in [0.1, 0.15) is 0 Å². The minimum absolute atomic E-state index is 0.00351. The number of carbonyl (C=O) groups is 1. The van der Waals surface area contributed by atoms with Crippen molar-refractivity contribution in [1.82, 2.24) is 9.78 Å². The molecule has 0 saturated heterocycles. The summed E-state index contributed by atoms with van der Waals surface area (Å²) >= 11 is 5.90. The molecule has 1 heterocycles. The largest absolute Gasteiger partial charge is 0.305 e. The second kappa shape index (κ2) is 7.36. The number of hydrogen-bond acceptors (Lipinski definition) is 2. The Labute approximate surface area is 154 Å². The monoisotopic (exact) mass is 401 g/mol. The second-order valence-corrected chi connectivity index (χ2v) is 5.79. The average molecular weight is 402 g/mol. The van der Waals surface area contributed by atoms with Crippen LogP contribution >= 0.6 is 11.6 Å². The summed E-state index contributed by atoms with van der Waals surface area (Å²) in [6, 6.07) is 7.52. The number of rotatable bonds is 4. The Morgan fingerprint density at radius 3 is 2.19 bits per heavy atom. The molecule has 4 nitrogen and oxygen atoms in total. The van der Waals surface area contributed by atoms with Gasteiger partial charge in [-0.2, -0.15) is 5.10 Å². The highest BCUT2D eigenvalue weighted by Gasteiger charge is 2.26. The number of anilines is 1. The third-order valence-electron chi connectivity index (χ3n) is 3.62. The van der Waals surface area contributed by atoms with E-state index < -0.39 is 47.1 Å². The maximum absolute atomic E-state index is 13.7. The molecule has 0 atom stereocenters. The molecule has 3 aromatic rings. The maximum Gasteiger partial charge on any atom is 0.258 e. The molecule has 1 N–H and O–H groups in total. The molecule has 0 radical (unpaired) electrons. The quantitative estimate of drug-likeness (QED) is 0.396. The van der Waals surface area contributed by atoms with Gasteiger partial charge in [0.05, 0.1) is 22.7 Å². The molecule has 10 heteroatoms. The molecule has 3 rings (SSSR count). The number of nitrogens with zero attached hydrogens (tertiary/aromatic N) is 2. The summed E-state index contributed by atoms with van der Waals surface area (Å²) in [5, 5.41) is 6.45. The van der Waals surface area contributed by atoms with Gasteiger partial charge in [0.25, 0.3) is 5.91 Å². The zero-order chi connectivity index (χ0) is 19.7. The van der Waals surface area contributed by atoms with Crippen LogP contribution in [0.5, 0.6) is 0 Å². The van der Waals surface area contributed by atoms with E-state index in [1.165, 1.54) is 24.4 Å². The van der Waals surface area contributed by atoms with E-state index in [0.29, 0.717) is 0 Å². The van der Waals surface area contributed by atoms with Crippen LogP contribution in [-0.4, -0.2) is 15.7 Å². The molecule has 0 fully saturated rings. The van der Waals surface area contributed by atoms with Gasteiger partial charge in [-0.15, -0.1) is 0 Å². The molecular weight excluding hydrogens is 393 g/mol. The lowest BCUT2D eigenvalue weighted by molar-refractivity contribution is 0.102. The fourth-order valence-electron chi connectivity index (χ4n) is 2.30. The molecule has 27 heavy (non-hydrogen) atoms. The van der Waals surface area contributed by atoms with Crippen molar-refractivity contribution < 1.29 is 26.7 Å². The minimum Gasteiger partial charge on any atom is -0.305 e. The summed E-state index contributed by atoms with van der Waals surface area (Å²) in [6.45, 7) is -0.728. The smallest absolute Gasteiger partial charge is 0.258 e. The molecule has 0 bridgehead atoms. The molecule has 0 aliphatic carbocycles. The Morgan fingerprint density at radius 1 is 0.963 bits per heavy atom. The van der Waals surface area contributed by atoms with Gasteiger partial charge in [-0.05, 0) is 12.1 Å². The van der Waals surface area contributed by atoms with E-state index >= 15 is 0 Å². The zero-order valence-corrected chi connectivity index (χ0v) is 14.0. The zero-order valence-electron chi connectivity index (χ0n) is 13.2. The first-order valence-corrected chi connectivity index (χ1v) is 7.77. The van der Waals surface area contributed by atoms with Crippen molar-refractivity contribution in [3.8, 4) is 0 Å². The van der Waals surface area contributed by atoms with Gasteiger partial charge in [-0.1, -0.05) is 23.7 Å². The van der Waals surface area contributed by atoms with Crippen LogP contribution in [-0.2, 0) is 6.54 Å². The Morgan fingerprint density at radius 2 is 1.56 bits per heavy atom. The van der Waals surface area contributed by atoms with Crippen LogP contribution in [0, 0.1) is 29.1 Å². The van der Waals surface area contributed by atoms with E-state index in [0.717, 1.165) is 4.68 Å². The van der Waals surface area contributed by atoms with Gasteiger partial charge < -0.3 is 5.32 Å². The van der Waals surface area contributed by atoms with Crippen molar-refractivity contribution in [3.63, 3.8) is 0 Å². The number of nitrogens with one attached hydrogen (secondary N) is 1. The van der Waals surface area contributed by atoms with Crippen molar-refractivity contribution in [2.45, 2.75) is 6.54 Å². The van der Waals surface area contributed by atoms with Crippen LogP contribution in [0.4, 0.5) is 27.8 Å². The second-order valence-electron chi connectivity index (χ2n) is 5.38. The van der Waals surface area contributed by atoms with Crippen molar-refractivity contribution in [2.24, 2.45) is 0 Å². The van der Waals surface area contributed by atoms with Gasteiger partial charge >= 0.3 is 0 Å². The number of carbonyl (C=O) groups excluding carboxylic acids is 1. The summed E-state index contributed by atoms with van der Waals surface area (Å²) in [5.74, 6) is -10.8. The Kier molecular flexibility index (Phi) is 5.13. The van der Waals surface area contributed by atoms with Crippen LogP contribution in [0.25, 0.3) is 0 Å². The molecule has 0 aliphatic heterocycles. The highest BCUT2D eigenvalue weighted by molar-refractivity contribution is 6.34. The van der Waals surface area contributed by atoms with Gasteiger partial charge in [0.2, 0.25) is 5.82 Å². The molecule has 0 spiro atoms. The van der Waals surface area contributed by atoms with Crippen molar-refractivity contribution in [2.75, 3.05) is 5.32 Å². The van der Waals surface area contributed by atoms with E-state index in [9.17, 15) is 26.7 Å². The van der Waals surface area contributed by atoms with E-state index in [4.69, 9.17) is 11.6 Å². The van der Waals surface area contributed by atoms with Gasteiger partial charge in [0.15, 0.2) is 29.1 Å². The number of halogens is 6. The van der Waals surface area contributed by atoms with Crippen LogP contribution in [0.2, 0.25) is 5.02 Å². The SMILES string of the molecule is O=C(Nc1ccn(Cc2c(F)c(F)c(F)c(F)c2F)n1)c1ccccc1Cl. The van der Waals surface area contributed by atoms with E-state index in [1.807, 2.05) is 0 Å². The van der Waals surface area contributed by atoms with E-state index in [-0.39, 0.29) is 16.4 Å². The first-order valence-electron chi connectivity index (χ1n) is 7.39. The lowest BCUT2D eigenvalue weighted by atomic mass is 10.1. The fourth-order valence-corrected chi connectivity index (χ4v) is 2.52. The normalized spacial score (nSPS) is 10.9. The standard InChI is InChI=1S/C17H9ClF5N3O/c18-10-4-2-1-3-8(10)17(27)24-11-5-6-26(25-11)7-9-12(19)14(21)16(23)15(22)13(9)20/h1-6H,7H2,(H,24,25,27). The molecule has 0 saturated carbocycles. The van der Waals surface area contributed by atoms with Gasteiger partial charge in [-0.3, -0.25) is 9.48 Å². The minimum atomic E-state index is -2.23. The maximum atomic E-state index is 13.7. The van der Waals surface area contributed by atoms with Crippen LogP contribution in [0.15, 0.2) is 36.5 Å². The predicted octanol–water partition coefficient (Wildman–Crippen LogP) is 4.53. The van der Waals surface area contributed by atoms with Crippen molar-refractivity contribution in [3.05, 3.63) is 81.8 Å². The first kappa shape index (κ1) is 18.8. The van der Waals surface area contributed by atoms with Crippen LogP contribution < -0.4 is 5.32 Å². The lowest BCUT2D eigenvalue weighted by Crippen LogP contribution is -2.14. The first-order chi connectivity index (χ1) is 12.8. The molecule has 140 valence electrons. The Hall–Kier alpha value is -2.94. The molecule has 1 aromatic heterocycles. The summed E-state index contributed by atoms with van der Waals surface area (Å²) in [4.78, 5) is 12.1. The Balaban J connectivity index is 1.82. The summed E-state index contributed by atoms with van der Waals surface area (Å²) < 4.78 is 67.9.